The lowest BCUT2D eigenvalue weighted by molar-refractivity contribution is 0.534. The van der Waals surface area contributed by atoms with Gasteiger partial charge in [0, 0.05) is 32.0 Å². The Morgan fingerprint density at radius 1 is 1.45 bits per heavy atom. The molecule has 20 heavy (non-hydrogen) atoms. The fourth-order valence-corrected chi connectivity index (χ4v) is 2.22. The highest BCUT2D eigenvalue weighted by molar-refractivity contribution is 6.32. The van der Waals surface area contributed by atoms with Gasteiger partial charge < -0.3 is 9.88 Å². The van der Waals surface area contributed by atoms with Crippen molar-refractivity contribution < 1.29 is 0 Å². The molecule has 2 aromatic heterocycles. The number of hydrogen-bond acceptors (Lipinski definition) is 4. The number of rotatable bonds is 6. The van der Waals surface area contributed by atoms with Gasteiger partial charge in [-0.15, -0.1) is 0 Å². The van der Waals surface area contributed by atoms with Crippen LogP contribution in [0.15, 0.2) is 29.7 Å². The Morgan fingerprint density at radius 3 is 3.00 bits per heavy atom. The highest BCUT2D eigenvalue weighted by Gasteiger charge is 2.23. The lowest BCUT2D eigenvalue weighted by Gasteiger charge is -2.10. The number of anilines is 1. The average Bonchev–Trinajstić information content (AvgIpc) is 3.10. The molecule has 1 aliphatic carbocycles. The minimum atomic E-state index is -0.143. The quantitative estimate of drug-likeness (QED) is 0.879. The van der Waals surface area contributed by atoms with E-state index in [1.54, 1.807) is 12.5 Å². The van der Waals surface area contributed by atoms with E-state index in [1.165, 1.54) is 23.7 Å². The maximum Gasteiger partial charge on any atom is 0.291 e. The maximum atomic E-state index is 12.3. The molecule has 0 aliphatic heterocycles. The van der Waals surface area contributed by atoms with E-state index in [9.17, 15) is 4.79 Å². The van der Waals surface area contributed by atoms with Crippen LogP contribution in [-0.2, 0) is 13.1 Å². The first-order valence-corrected chi connectivity index (χ1v) is 7.07. The topological polar surface area (TPSA) is 64.7 Å². The molecule has 1 saturated carbocycles. The van der Waals surface area contributed by atoms with E-state index in [2.05, 4.69) is 15.4 Å². The van der Waals surface area contributed by atoms with E-state index in [1.807, 2.05) is 10.8 Å². The van der Waals surface area contributed by atoms with Gasteiger partial charge in [-0.2, -0.15) is 5.10 Å². The highest BCUT2D eigenvalue weighted by atomic mass is 35.5. The van der Waals surface area contributed by atoms with E-state index >= 15 is 0 Å². The Hall–Kier alpha value is -1.82. The third-order valence-corrected chi connectivity index (χ3v) is 3.64. The van der Waals surface area contributed by atoms with Gasteiger partial charge in [0.25, 0.3) is 5.56 Å². The van der Waals surface area contributed by atoms with Crippen LogP contribution in [0.5, 0.6) is 0 Å². The van der Waals surface area contributed by atoms with E-state index in [4.69, 9.17) is 11.6 Å². The van der Waals surface area contributed by atoms with Crippen LogP contribution in [0.4, 0.5) is 5.69 Å². The first-order valence-electron chi connectivity index (χ1n) is 6.69. The summed E-state index contributed by atoms with van der Waals surface area (Å²) >= 11 is 6.06. The van der Waals surface area contributed by atoms with Crippen LogP contribution in [0.25, 0.3) is 0 Å². The molecule has 1 N–H and O–H groups in total. The van der Waals surface area contributed by atoms with Crippen LogP contribution >= 0.6 is 11.6 Å². The Morgan fingerprint density at radius 2 is 2.30 bits per heavy atom. The molecule has 0 aromatic carbocycles. The second kappa shape index (κ2) is 5.66. The van der Waals surface area contributed by atoms with E-state index in [-0.39, 0.29) is 5.56 Å². The van der Waals surface area contributed by atoms with Crippen molar-refractivity contribution in [1.29, 1.82) is 0 Å². The first-order chi connectivity index (χ1) is 9.74. The smallest absolute Gasteiger partial charge is 0.291 e. The monoisotopic (exact) mass is 293 g/mol. The van der Waals surface area contributed by atoms with Crippen molar-refractivity contribution in [2.24, 2.45) is 5.92 Å². The molecule has 1 aliphatic rings. The van der Waals surface area contributed by atoms with Crippen LogP contribution in [0.3, 0.4) is 0 Å². The second-order valence-electron chi connectivity index (χ2n) is 5.03. The Labute approximate surface area is 121 Å². The summed E-state index contributed by atoms with van der Waals surface area (Å²) in [6, 6.07) is 0. The van der Waals surface area contributed by atoms with Crippen molar-refractivity contribution in [2.75, 3.05) is 11.9 Å². The minimum absolute atomic E-state index is 0.143. The molecule has 0 radical (unpaired) electrons. The number of aromatic nitrogens is 4. The van der Waals surface area contributed by atoms with Crippen LogP contribution < -0.4 is 10.9 Å². The molecule has 2 heterocycles. The molecule has 106 valence electrons. The number of nitrogens with one attached hydrogen (secondary N) is 1. The zero-order chi connectivity index (χ0) is 13.9. The van der Waals surface area contributed by atoms with Gasteiger partial charge in [0.2, 0.25) is 0 Å². The largest absolute Gasteiger partial charge is 0.377 e. The van der Waals surface area contributed by atoms with Crippen molar-refractivity contribution in [3.8, 4) is 0 Å². The fourth-order valence-electron chi connectivity index (χ4n) is 2.03. The molecule has 0 unspecified atom stereocenters. The molecule has 0 spiro atoms. The molecular weight excluding hydrogens is 278 g/mol. The summed E-state index contributed by atoms with van der Waals surface area (Å²) in [5.41, 5.74) is 0.289. The van der Waals surface area contributed by atoms with Gasteiger partial charge in [-0.25, -0.2) is 9.67 Å². The Balaban J connectivity index is 1.69. The van der Waals surface area contributed by atoms with Gasteiger partial charge in [0.15, 0.2) is 0 Å². The zero-order valence-electron chi connectivity index (χ0n) is 11.0. The standard InChI is InChI=1S/C13H16ClN5O/c14-11-7-17-19(8-10-1-2-10)13(20)12(11)16-4-6-18-5-3-15-9-18/h3,5,7,9-10,16H,1-2,4,6,8H2. The lowest BCUT2D eigenvalue weighted by Crippen LogP contribution is -2.27. The highest BCUT2D eigenvalue weighted by Crippen LogP contribution is 2.30. The van der Waals surface area contributed by atoms with Crippen molar-refractivity contribution >= 4 is 17.3 Å². The van der Waals surface area contributed by atoms with Gasteiger partial charge in [-0.1, -0.05) is 11.6 Å². The SMILES string of the molecule is O=c1c(NCCn2ccnc2)c(Cl)cnn1CC1CC1. The van der Waals surface area contributed by atoms with Crippen molar-refractivity contribution in [2.45, 2.75) is 25.9 Å². The molecule has 0 amide bonds. The number of halogens is 1. The van der Waals surface area contributed by atoms with Crippen LogP contribution in [-0.4, -0.2) is 25.9 Å². The Kier molecular flexibility index (Phi) is 3.73. The van der Waals surface area contributed by atoms with Gasteiger partial charge in [-0.05, 0) is 18.8 Å². The third-order valence-electron chi connectivity index (χ3n) is 3.36. The first kappa shape index (κ1) is 13.2. The van der Waals surface area contributed by atoms with Gasteiger partial charge in [0.05, 0.1) is 17.5 Å². The minimum Gasteiger partial charge on any atom is -0.377 e. The fraction of sp³-hybridized carbons (Fsp3) is 0.462. The normalized spacial score (nSPS) is 14.4. The zero-order valence-corrected chi connectivity index (χ0v) is 11.8. The molecule has 2 aromatic rings. The molecule has 0 atom stereocenters. The van der Waals surface area contributed by atoms with Crippen LogP contribution in [0, 0.1) is 5.92 Å². The predicted octanol–water partition coefficient (Wildman–Crippen LogP) is 1.62. The Bertz CT molecular complexity index is 633. The van der Waals surface area contributed by atoms with E-state index < -0.39 is 0 Å². The predicted molar refractivity (Wildman–Crippen MR) is 76.9 cm³/mol. The molecule has 0 bridgehead atoms. The summed E-state index contributed by atoms with van der Waals surface area (Å²) in [5.74, 6) is 0.597. The summed E-state index contributed by atoms with van der Waals surface area (Å²) in [7, 11) is 0. The maximum absolute atomic E-state index is 12.3. The third kappa shape index (κ3) is 3.01. The second-order valence-corrected chi connectivity index (χ2v) is 5.43. The van der Waals surface area contributed by atoms with E-state index in [0.717, 1.165) is 6.54 Å². The summed E-state index contributed by atoms with van der Waals surface area (Å²) < 4.78 is 3.44. The number of nitrogens with zero attached hydrogens (tertiary/aromatic N) is 4. The van der Waals surface area contributed by atoms with E-state index in [0.29, 0.717) is 29.7 Å². The summed E-state index contributed by atoms with van der Waals surface area (Å²) in [5, 5.41) is 7.56. The van der Waals surface area contributed by atoms with Gasteiger partial charge in [-0.3, -0.25) is 4.79 Å². The molecule has 0 saturated heterocycles. The molecule has 3 rings (SSSR count). The number of hydrogen-bond donors (Lipinski definition) is 1. The van der Waals surface area contributed by atoms with Gasteiger partial charge in [0.1, 0.15) is 5.69 Å². The molecule has 7 heteroatoms. The van der Waals surface area contributed by atoms with Gasteiger partial charge >= 0.3 is 0 Å². The lowest BCUT2D eigenvalue weighted by atomic mass is 10.4. The van der Waals surface area contributed by atoms with Crippen molar-refractivity contribution in [3.05, 3.63) is 40.3 Å². The van der Waals surface area contributed by atoms with Crippen molar-refractivity contribution in [3.63, 3.8) is 0 Å². The molecule has 1 fully saturated rings. The number of imidazole rings is 1. The molecule has 6 nitrogen and oxygen atoms in total. The summed E-state index contributed by atoms with van der Waals surface area (Å²) in [6.07, 6.45) is 9.23. The van der Waals surface area contributed by atoms with Crippen LogP contribution in [0.1, 0.15) is 12.8 Å². The molecular formula is C13H16ClN5O. The summed E-state index contributed by atoms with van der Waals surface area (Å²) in [4.78, 5) is 16.2. The van der Waals surface area contributed by atoms with Crippen molar-refractivity contribution in [1.82, 2.24) is 19.3 Å². The average molecular weight is 294 g/mol. The summed E-state index contributed by atoms with van der Waals surface area (Å²) in [6.45, 7) is 2.02. The van der Waals surface area contributed by atoms with Crippen LogP contribution in [0.2, 0.25) is 5.02 Å².